The highest BCUT2D eigenvalue weighted by Crippen LogP contribution is 2.61. The number of nitriles is 2. The summed E-state index contributed by atoms with van der Waals surface area (Å²) in [6.07, 6.45) is 1.64. The number of hydrogen-bond acceptors (Lipinski definition) is 23. The lowest BCUT2D eigenvalue weighted by atomic mass is 9.71. The Morgan fingerprint density at radius 2 is 1.04 bits per heavy atom. The Balaban J connectivity index is 0.000000161. The molecule has 10 aliphatic heterocycles. The van der Waals surface area contributed by atoms with Gasteiger partial charge in [-0.15, -0.1) is 0 Å². The summed E-state index contributed by atoms with van der Waals surface area (Å²) in [7, 11) is 6.69. The molecular formula is C73H70N8O17. The number of nitrogens with one attached hydrogen (secondary N) is 1. The largest absolute Gasteiger partial charge is 0.504 e. The van der Waals surface area contributed by atoms with Crippen molar-refractivity contribution in [1.29, 1.82) is 10.5 Å². The van der Waals surface area contributed by atoms with E-state index in [1.807, 2.05) is 33.9 Å². The van der Waals surface area contributed by atoms with Gasteiger partial charge in [0.25, 0.3) is 23.6 Å². The number of nitrogens with zero attached hydrogens (tertiary/aromatic N) is 7. The van der Waals surface area contributed by atoms with Crippen molar-refractivity contribution in [2.45, 2.75) is 128 Å². The number of phenols is 1. The number of carbonyl (C=O) groups excluding carboxylic acids is 6. The van der Waals surface area contributed by atoms with E-state index >= 15 is 0 Å². The molecule has 0 radical (unpaired) electrons. The highest BCUT2D eigenvalue weighted by atomic mass is 16.7. The fourth-order valence-electron chi connectivity index (χ4n) is 17.6. The fourth-order valence-corrected chi connectivity index (χ4v) is 17.6. The third kappa shape index (κ3) is 9.41. The number of amides is 4. The van der Waals surface area contributed by atoms with Crippen LogP contribution in [0.2, 0.25) is 0 Å². The van der Waals surface area contributed by atoms with E-state index in [4.69, 9.17) is 47.4 Å². The van der Waals surface area contributed by atoms with Crippen LogP contribution in [0.1, 0.15) is 146 Å². The van der Waals surface area contributed by atoms with Crippen LogP contribution in [0.3, 0.4) is 0 Å². The number of piperazine rings is 2. The molecule has 10 atom stereocenters. The number of methoxy groups -OCH3 is 3. The van der Waals surface area contributed by atoms with Crippen LogP contribution in [0.15, 0.2) is 60.7 Å². The molecule has 0 aromatic heterocycles. The van der Waals surface area contributed by atoms with Crippen LogP contribution in [-0.4, -0.2) is 163 Å². The first-order chi connectivity index (χ1) is 47.2. The Bertz CT molecular complexity index is 4530. The standard InChI is InChI=1S/C38H38N4O9.C35H32N4O8/c1-18-11-21-12-25-27(14-39)42-26(31(40(25)4)29(21)35(32(18)47-6)48-16-46-5)13-24-30(36-34(49-17-50-36)19(2)33(24)51-20(3)43)28(42)15-41-37(44)22-9-7-8-10-23(22)38(41)45;1-15-9-18-10-22-24(12-36)39-23(28(37-22)26(18)29(41)30(15)44-4)11-21-27(33-32(45-14-46-33)16(2)31(21)47-17(3)40)25(39)13-38-34(42)19-7-5-6-8-20(19)35(38)43/h7-11,25-28,31H,12-13,15-17H2,1-6H3;5-9,22-25,28,37,41H,10-11,13-14H2,1-4H3/t25-,26-,27-,28-,31-;22-,23-,24-,25-,28-/m00/s1. The number of esters is 2. The second-order valence-electron chi connectivity index (χ2n) is 26.3. The quantitative estimate of drug-likeness (QED) is 0.0552. The van der Waals surface area contributed by atoms with Gasteiger partial charge in [0, 0.05) is 103 Å². The van der Waals surface area contributed by atoms with E-state index in [1.54, 1.807) is 69.7 Å². The lowest BCUT2D eigenvalue weighted by Crippen LogP contribution is -2.69. The van der Waals surface area contributed by atoms with Gasteiger partial charge in [-0.2, -0.15) is 10.5 Å². The van der Waals surface area contributed by atoms with Gasteiger partial charge >= 0.3 is 11.9 Å². The van der Waals surface area contributed by atoms with Gasteiger partial charge in [-0.05, 0) is 107 Å². The molecule has 504 valence electrons. The summed E-state index contributed by atoms with van der Waals surface area (Å²) in [6.45, 7) is 9.81. The molecule has 10 heterocycles. The van der Waals surface area contributed by atoms with Crippen molar-refractivity contribution in [3.8, 4) is 69.6 Å². The van der Waals surface area contributed by atoms with E-state index in [-0.39, 0.29) is 57.3 Å². The number of fused-ring (bicyclic) bond motifs is 20. The Morgan fingerprint density at radius 1 is 0.582 bits per heavy atom. The second kappa shape index (κ2) is 24.1. The molecule has 2 saturated heterocycles. The Morgan fingerprint density at radius 3 is 1.51 bits per heavy atom. The van der Waals surface area contributed by atoms with Crippen molar-refractivity contribution in [3.05, 3.63) is 150 Å². The first-order valence-electron chi connectivity index (χ1n) is 32.5. The predicted octanol–water partition coefficient (Wildman–Crippen LogP) is 7.41. The van der Waals surface area contributed by atoms with Crippen molar-refractivity contribution < 1.29 is 81.2 Å². The number of likely N-dealkylation sites (N-methyl/N-ethyl adjacent to an activating group) is 1. The molecule has 6 aromatic rings. The average Bonchev–Trinajstić information content (AvgIpc) is 0.847. The number of benzene rings is 6. The number of imide groups is 2. The van der Waals surface area contributed by atoms with Crippen molar-refractivity contribution in [1.82, 2.24) is 29.8 Å². The third-order valence-corrected chi connectivity index (χ3v) is 21.3. The van der Waals surface area contributed by atoms with Gasteiger partial charge in [0.1, 0.15) is 23.6 Å². The van der Waals surface area contributed by atoms with Crippen molar-refractivity contribution in [3.63, 3.8) is 0 Å². The van der Waals surface area contributed by atoms with Crippen LogP contribution in [-0.2, 0) is 40.0 Å². The molecule has 0 spiro atoms. The van der Waals surface area contributed by atoms with Crippen molar-refractivity contribution in [2.24, 2.45) is 0 Å². The maximum atomic E-state index is 13.9. The summed E-state index contributed by atoms with van der Waals surface area (Å²) in [5.74, 6) is 1.25. The topological polar surface area (TPSA) is 291 Å². The van der Waals surface area contributed by atoms with Gasteiger partial charge in [-0.1, -0.05) is 36.4 Å². The molecule has 4 bridgehead atoms. The van der Waals surface area contributed by atoms with Gasteiger partial charge in [-0.3, -0.25) is 53.3 Å². The first kappa shape index (κ1) is 63.8. The van der Waals surface area contributed by atoms with Gasteiger partial charge < -0.3 is 57.8 Å². The van der Waals surface area contributed by atoms with Crippen LogP contribution in [0.5, 0.6) is 57.5 Å². The molecule has 2 N–H and O–H groups in total. The summed E-state index contributed by atoms with van der Waals surface area (Å²) in [5.41, 5.74) is 10.3. The molecule has 0 saturated carbocycles. The molecule has 25 nitrogen and oxygen atoms in total. The Hall–Kier alpha value is -10.3. The normalized spacial score (nSPS) is 24.7. The van der Waals surface area contributed by atoms with Gasteiger partial charge in [0.2, 0.25) is 13.6 Å². The molecule has 98 heavy (non-hydrogen) atoms. The summed E-state index contributed by atoms with van der Waals surface area (Å²) in [4.78, 5) is 89.3. The molecule has 2 fully saturated rings. The number of rotatable bonds is 11. The number of hydrogen-bond donors (Lipinski definition) is 2. The minimum Gasteiger partial charge on any atom is -0.504 e. The summed E-state index contributed by atoms with van der Waals surface area (Å²) < 4.78 is 59.0. The van der Waals surface area contributed by atoms with Crippen molar-refractivity contribution in [2.75, 3.05) is 61.8 Å². The molecule has 4 amide bonds. The number of aryl methyl sites for hydroxylation is 2. The van der Waals surface area contributed by atoms with E-state index < -0.39 is 77.9 Å². The van der Waals surface area contributed by atoms with E-state index in [1.165, 1.54) is 30.8 Å². The number of carbonyl (C=O) groups is 6. The molecule has 0 unspecified atom stereocenters. The number of ether oxygens (including phenoxy) is 10. The van der Waals surface area contributed by atoms with Crippen LogP contribution in [0, 0.1) is 50.4 Å². The maximum absolute atomic E-state index is 13.9. The highest BCUT2D eigenvalue weighted by molar-refractivity contribution is 6.22. The summed E-state index contributed by atoms with van der Waals surface area (Å²) >= 11 is 0. The van der Waals surface area contributed by atoms with Gasteiger partial charge in [0.05, 0.1) is 72.8 Å². The van der Waals surface area contributed by atoms with E-state index in [0.717, 1.165) is 27.8 Å². The van der Waals surface area contributed by atoms with Gasteiger partial charge in [0.15, 0.2) is 52.8 Å². The van der Waals surface area contributed by atoms with Crippen LogP contribution in [0.25, 0.3) is 0 Å². The lowest BCUT2D eigenvalue weighted by molar-refractivity contribution is -0.133. The zero-order valence-electron chi connectivity index (χ0n) is 55.5. The second-order valence-corrected chi connectivity index (χ2v) is 26.3. The van der Waals surface area contributed by atoms with E-state index in [9.17, 15) is 44.4 Å². The molecule has 10 aliphatic rings. The monoisotopic (exact) mass is 1330 g/mol. The number of phenolic OH excluding ortho intramolecular Hbond substituents is 1. The minimum absolute atomic E-state index is 0.00815. The SMILES string of the molecule is COCOc1c(OC)c(C)cc2c1[C@@H]1[C@@H]3Cc4c(OC(C)=O)c(C)c5c(c4[C@H](CN4C(=O)c6ccccc6C4=O)N3[C@@H](C#N)[C@H](C2)N1C)OCO5.COc1c(C)cc2c(c1O)[C@H]1N[C@@H](C2)[C@H](C#N)N2[C@@H](CN3C(=O)c4ccccc4C3=O)c3c(c(OC(C)=O)c(C)c4c3OCO4)C[C@@H]12. The lowest BCUT2D eigenvalue weighted by Gasteiger charge is -2.60. The summed E-state index contributed by atoms with van der Waals surface area (Å²) in [6, 6.07) is 17.5. The van der Waals surface area contributed by atoms with Crippen LogP contribution in [0.4, 0.5) is 0 Å². The molecular weight excluding hydrogens is 1260 g/mol. The Kier molecular flexibility index (Phi) is 15.7. The minimum atomic E-state index is -0.746. The molecule has 25 heteroatoms. The zero-order chi connectivity index (χ0) is 68.8. The predicted molar refractivity (Wildman–Crippen MR) is 345 cm³/mol. The number of aromatic hydroxyl groups is 1. The van der Waals surface area contributed by atoms with Crippen molar-refractivity contribution >= 4 is 35.6 Å². The Labute approximate surface area is 563 Å². The average molecular weight is 1330 g/mol. The first-order valence-corrected chi connectivity index (χ1v) is 32.5. The fraction of sp³-hybridized carbons (Fsp3) is 0.397. The maximum Gasteiger partial charge on any atom is 0.308 e. The molecule has 0 aliphatic carbocycles. The zero-order valence-corrected chi connectivity index (χ0v) is 55.5. The molecule has 16 rings (SSSR count). The third-order valence-electron chi connectivity index (χ3n) is 21.3. The van der Waals surface area contributed by atoms with Crippen LogP contribution < -0.4 is 47.9 Å². The highest BCUT2D eigenvalue weighted by Gasteiger charge is 2.60. The van der Waals surface area contributed by atoms with Crippen LogP contribution >= 0.6 is 0 Å². The summed E-state index contributed by atoms with van der Waals surface area (Å²) in [5, 5.41) is 37.1. The van der Waals surface area contributed by atoms with E-state index in [0.29, 0.717) is 139 Å². The van der Waals surface area contributed by atoms with Gasteiger partial charge in [-0.25, -0.2) is 0 Å². The smallest absolute Gasteiger partial charge is 0.308 e. The molecule has 6 aromatic carbocycles. The van der Waals surface area contributed by atoms with E-state index in [2.05, 4.69) is 38.2 Å².